The summed E-state index contributed by atoms with van der Waals surface area (Å²) in [6.07, 6.45) is 0. The van der Waals surface area contributed by atoms with E-state index in [0.717, 1.165) is 16.4 Å². The molecule has 0 aromatic heterocycles. The summed E-state index contributed by atoms with van der Waals surface area (Å²) in [5.41, 5.74) is -1.71. The summed E-state index contributed by atoms with van der Waals surface area (Å²) in [7, 11) is -0.924. The number of ketones is 1. The molecule has 1 fully saturated rings. The molecule has 1 heterocycles. The quantitative estimate of drug-likeness (QED) is 0.533. The summed E-state index contributed by atoms with van der Waals surface area (Å²) >= 11 is 0. The van der Waals surface area contributed by atoms with Crippen molar-refractivity contribution in [2.75, 3.05) is 20.6 Å². The zero-order chi connectivity index (χ0) is 23.1. The number of nitrogens with one attached hydrogen (secondary N) is 1. The molecule has 1 saturated heterocycles. The molecule has 1 aliphatic heterocycles. The Bertz CT molecular complexity index is 1180. The molecule has 1 N–H and O–H groups in total. The Kier molecular flexibility index (Phi) is 5.68. The molecular formula is C20H19F2N3O5S. The lowest BCUT2D eigenvalue weighted by Crippen LogP contribution is -2.41. The average Bonchev–Trinajstić information content (AvgIpc) is 2.91. The van der Waals surface area contributed by atoms with Gasteiger partial charge in [-0.3, -0.25) is 14.5 Å². The Balaban J connectivity index is 1.85. The molecule has 31 heavy (non-hydrogen) atoms. The van der Waals surface area contributed by atoms with Crippen LogP contribution < -0.4 is 5.32 Å². The van der Waals surface area contributed by atoms with Crippen molar-refractivity contribution < 1.29 is 31.6 Å². The molecule has 0 saturated carbocycles. The Hall–Kier alpha value is -3.18. The summed E-state index contributed by atoms with van der Waals surface area (Å²) in [6, 6.07) is 6.89. The summed E-state index contributed by atoms with van der Waals surface area (Å²) in [5, 5.41) is 2.48. The van der Waals surface area contributed by atoms with E-state index in [2.05, 4.69) is 5.32 Å². The van der Waals surface area contributed by atoms with Crippen molar-refractivity contribution in [3.8, 4) is 0 Å². The smallest absolute Gasteiger partial charge is 0.319 e. The number of sulfonamides is 1. The van der Waals surface area contributed by atoms with E-state index in [0.29, 0.717) is 16.5 Å². The van der Waals surface area contributed by atoms with Crippen LogP contribution in [0.3, 0.4) is 0 Å². The fourth-order valence-electron chi connectivity index (χ4n) is 3.15. The first kappa shape index (κ1) is 22.5. The van der Waals surface area contributed by atoms with Crippen LogP contribution in [-0.2, 0) is 20.4 Å². The number of nitrogens with zero attached hydrogens (tertiary/aromatic N) is 2. The number of hydrogen-bond donors (Lipinski definition) is 1. The fraction of sp³-hybridized carbons (Fsp3) is 0.250. The number of carbonyl (C=O) groups is 3. The number of hydrogen-bond acceptors (Lipinski definition) is 5. The average molecular weight is 451 g/mol. The second-order valence-electron chi connectivity index (χ2n) is 7.31. The molecule has 0 radical (unpaired) electrons. The van der Waals surface area contributed by atoms with Gasteiger partial charge in [0.2, 0.25) is 10.0 Å². The van der Waals surface area contributed by atoms with Gasteiger partial charge in [-0.1, -0.05) is 12.1 Å². The largest absolute Gasteiger partial charge is 0.325 e. The normalized spacial score (nSPS) is 19.1. The fourth-order valence-corrected chi connectivity index (χ4v) is 4.05. The van der Waals surface area contributed by atoms with E-state index >= 15 is 0 Å². The number of rotatable bonds is 6. The number of carbonyl (C=O) groups excluding carboxylic acids is 3. The van der Waals surface area contributed by atoms with Gasteiger partial charge in [-0.25, -0.2) is 26.3 Å². The number of imide groups is 1. The standard InChI is InChI=1S/C20H19F2N3O5S/c1-20(12-4-7-14(8-5-12)31(29,30)24(2)3)18(27)25(19(28)23-20)11-17(26)15-9-6-13(21)10-16(15)22/h4-10H,11H2,1-3H3,(H,23,28). The number of urea groups is 1. The van der Waals surface area contributed by atoms with Crippen molar-refractivity contribution in [3.05, 3.63) is 65.2 Å². The molecule has 0 bridgehead atoms. The molecule has 0 aliphatic carbocycles. The summed E-state index contributed by atoms with van der Waals surface area (Å²) < 4.78 is 52.4. The second kappa shape index (κ2) is 7.82. The lowest BCUT2D eigenvalue weighted by Gasteiger charge is -2.22. The van der Waals surface area contributed by atoms with E-state index in [1.54, 1.807) is 0 Å². The van der Waals surface area contributed by atoms with Crippen LogP contribution in [0.5, 0.6) is 0 Å². The van der Waals surface area contributed by atoms with Crippen LogP contribution in [0.25, 0.3) is 0 Å². The Morgan fingerprint density at radius 1 is 1.10 bits per heavy atom. The zero-order valence-corrected chi connectivity index (χ0v) is 17.7. The van der Waals surface area contributed by atoms with E-state index in [4.69, 9.17) is 0 Å². The van der Waals surface area contributed by atoms with Gasteiger partial charge in [0.15, 0.2) is 5.78 Å². The monoisotopic (exact) mass is 451 g/mol. The molecule has 8 nitrogen and oxygen atoms in total. The minimum atomic E-state index is -3.68. The zero-order valence-electron chi connectivity index (χ0n) is 16.8. The summed E-state index contributed by atoms with van der Waals surface area (Å²) in [6.45, 7) is 0.668. The van der Waals surface area contributed by atoms with E-state index in [1.165, 1.54) is 45.3 Å². The molecule has 11 heteroatoms. The highest BCUT2D eigenvalue weighted by Crippen LogP contribution is 2.30. The maximum Gasteiger partial charge on any atom is 0.325 e. The van der Waals surface area contributed by atoms with Crippen molar-refractivity contribution in [1.82, 2.24) is 14.5 Å². The molecule has 0 spiro atoms. The predicted molar refractivity (Wildman–Crippen MR) is 106 cm³/mol. The molecular weight excluding hydrogens is 432 g/mol. The molecule has 3 amide bonds. The molecule has 1 aliphatic rings. The van der Waals surface area contributed by atoms with Crippen LogP contribution in [0.4, 0.5) is 13.6 Å². The maximum atomic E-state index is 13.9. The van der Waals surface area contributed by atoms with Gasteiger partial charge in [-0.15, -0.1) is 0 Å². The van der Waals surface area contributed by atoms with Crippen molar-refractivity contribution in [3.63, 3.8) is 0 Å². The molecule has 1 atom stereocenters. The van der Waals surface area contributed by atoms with E-state index in [-0.39, 0.29) is 4.90 Å². The van der Waals surface area contributed by atoms with E-state index < -0.39 is 57.0 Å². The van der Waals surface area contributed by atoms with Gasteiger partial charge in [0.1, 0.15) is 17.2 Å². The SMILES string of the molecule is CN(C)S(=O)(=O)c1ccc(C2(C)NC(=O)N(CC(=O)c3ccc(F)cc3F)C2=O)cc1. The third-order valence-corrected chi connectivity index (χ3v) is 6.85. The van der Waals surface area contributed by atoms with Crippen LogP contribution >= 0.6 is 0 Å². The van der Waals surface area contributed by atoms with Crippen LogP contribution in [0.1, 0.15) is 22.8 Å². The number of Topliss-reactive ketones (excluding diaryl/α,β-unsaturated/α-hetero) is 1. The highest BCUT2D eigenvalue weighted by atomic mass is 32.2. The van der Waals surface area contributed by atoms with Gasteiger partial charge in [0.25, 0.3) is 5.91 Å². The highest BCUT2D eigenvalue weighted by molar-refractivity contribution is 7.89. The molecule has 2 aromatic carbocycles. The lowest BCUT2D eigenvalue weighted by molar-refractivity contribution is -0.130. The molecule has 2 aromatic rings. The molecule has 164 valence electrons. The van der Waals surface area contributed by atoms with Crippen molar-refractivity contribution in [2.45, 2.75) is 17.4 Å². The van der Waals surface area contributed by atoms with Crippen molar-refractivity contribution in [2.24, 2.45) is 0 Å². The number of halogens is 2. The Morgan fingerprint density at radius 3 is 2.26 bits per heavy atom. The van der Waals surface area contributed by atoms with Crippen molar-refractivity contribution >= 4 is 27.7 Å². The van der Waals surface area contributed by atoms with Gasteiger partial charge in [-0.05, 0) is 36.8 Å². The van der Waals surface area contributed by atoms with Crippen LogP contribution in [0.2, 0.25) is 0 Å². The third kappa shape index (κ3) is 3.93. The van der Waals surface area contributed by atoms with Gasteiger partial charge < -0.3 is 5.32 Å². The lowest BCUT2D eigenvalue weighted by atomic mass is 9.92. The topological polar surface area (TPSA) is 104 Å². The minimum Gasteiger partial charge on any atom is -0.319 e. The second-order valence-corrected chi connectivity index (χ2v) is 9.46. The first-order valence-electron chi connectivity index (χ1n) is 9.03. The van der Waals surface area contributed by atoms with Gasteiger partial charge in [0.05, 0.1) is 17.0 Å². The number of benzene rings is 2. The first-order valence-corrected chi connectivity index (χ1v) is 10.5. The first-order chi connectivity index (χ1) is 14.4. The molecule has 1 unspecified atom stereocenters. The highest BCUT2D eigenvalue weighted by Gasteiger charge is 2.49. The van der Waals surface area contributed by atoms with E-state index in [1.807, 2.05) is 0 Å². The van der Waals surface area contributed by atoms with Gasteiger partial charge >= 0.3 is 6.03 Å². The minimum absolute atomic E-state index is 0.000409. The van der Waals surface area contributed by atoms with E-state index in [9.17, 15) is 31.6 Å². The summed E-state index contributed by atoms with van der Waals surface area (Å²) in [5.74, 6) is -3.61. The predicted octanol–water partition coefficient (Wildman–Crippen LogP) is 1.86. The molecule has 3 rings (SSSR count). The third-order valence-electron chi connectivity index (χ3n) is 5.02. The van der Waals surface area contributed by atoms with Crippen LogP contribution in [0, 0.1) is 11.6 Å². The van der Waals surface area contributed by atoms with Crippen LogP contribution in [0.15, 0.2) is 47.4 Å². The van der Waals surface area contributed by atoms with Crippen LogP contribution in [-0.4, -0.2) is 56.0 Å². The Labute approximate surface area is 177 Å². The van der Waals surface area contributed by atoms with Gasteiger partial charge in [0, 0.05) is 20.2 Å². The maximum absolute atomic E-state index is 13.9. The Morgan fingerprint density at radius 2 is 1.71 bits per heavy atom. The van der Waals surface area contributed by atoms with Gasteiger partial charge in [-0.2, -0.15) is 0 Å². The number of amides is 3. The summed E-state index contributed by atoms with van der Waals surface area (Å²) in [4.78, 5) is 38.3. The van der Waals surface area contributed by atoms with Crippen molar-refractivity contribution in [1.29, 1.82) is 0 Å².